The fraction of sp³-hybridized carbons (Fsp3) is 0.400. The molecular weight excluding hydrogens is 222 g/mol. The van der Waals surface area contributed by atoms with E-state index in [2.05, 4.69) is 53.6 Å². The number of aromatic amines is 1. The molecule has 0 amide bonds. The molecular formula is C15H21N3. The van der Waals surface area contributed by atoms with Gasteiger partial charge in [-0.15, -0.1) is 0 Å². The monoisotopic (exact) mass is 243 g/mol. The molecule has 3 nitrogen and oxygen atoms in total. The quantitative estimate of drug-likeness (QED) is 0.807. The lowest BCUT2D eigenvalue weighted by molar-refractivity contribution is 0.519. The number of aromatic nitrogens is 2. The molecule has 0 saturated carbocycles. The van der Waals surface area contributed by atoms with E-state index < -0.39 is 0 Å². The molecule has 96 valence electrons. The number of nitrogens with one attached hydrogen (secondary N) is 2. The lowest BCUT2D eigenvalue weighted by Crippen LogP contribution is -2.12. The Morgan fingerprint density at radius 3 is 2.39 bits per heavy atom. The molecule has 2 aromatic rings. The van der Waals surface area contributed by atoms with Crippen LogP contribution in [0.4, 0.5) is 5.69 Å². The molecule has 0 radical (unpaired) electrons. The van der Waals surface area contributed by atoms with E-state index in [0.717, 1.165) is 18.2 Å². The number of anilines is 1. The molecule has 1 heterocycles. The third kappa shape index (κ3) is 3.13. The maximum Gasteiger partial charge on any atom is 0.0650 e. The zero-order valence-electron chi connectivity index (χ0n) is 11.1. The van der Waals surface area contributed by atoms with Gasteiger partial charge in [0.25, 0.3) is 0 Å². The average molecular weight is 243 g/mol. The minimum absolute atomic E-state index is 0.761. The van der Waals surface area contributed by atoms with E-state index in [1.54, 1.807) is 6.20 Å². The largest absolute Gasteiger partial charge is 0.385 e. The topological polar surface area (TPSA) is 40.7 Å². The maximum atomic E-state index is 3.96. The second-order valence-electron chi connectivity index (χ2n) is 4.61. The van der Waals surface area contributed by atoms with Crippen molar-refractivity contribution >= 4 is 5.69 Å². The Morgan fingerprint density at radius 1 is 1.11 bits per heavy atom. The van der Waals surface area contributed by atoms with Crippen LogP contribution < -0.4 is 5.32 Å². The van der Waals surface area contributed by atoms with Gasteiger partial charge in [0.15, 0.2) is 0 Å². The van der Waals surface area contributed by atoms with Crippen LogP contribution in [-0.4, -0.2) is 16.7 Å². The lowest BCUT2D eigenvalue weighted by Gasteiger charge is -2.14. The summed E-state index contributed by atoms with van der Waals surface area (Å²) >= 11 is 0. The van der Waals surface area contributed by atoms with Crippen LogP contribution >= 0.6 is 0 Å². The molecule has 0 saturated heterocycles. The van der Waals surface area contributed by atoms with E-state index in [4.69, 9.17) is 0 Å². The highest BCUT2D eigenvalue weighted by Gasteiger charge is 2.03. The minimum Gasteiger partial charge on any atom is -0.385 e. The van der Waals surface area contributed by atoms with Crippen molar-refractivity contribution in [1.29, 1.82) is 0 Å². The van der Waals surface area contributed by atoms with E-state index in [1.807, 2.05) is 6.07 Å². The molecule has 2 N–H and O–H groups in total. The molecule has 0 spiro atoms. The molecule has 1 aromatic heterocycles. The van der Waals surface area contributed by atoms with Crippen LogP contribution in [0.5, 0.6) is 0 Å². The zero-order valence-corrected chi connectivity index (χ0v) is 11.1. The molecule has 1 aromatic carbocycles. The van der Waals surface area contributed by atoms with E-state index in [-0.39, 0.29) is 0 Å². The number of hydrogen-bond acceptors (Lipinski definition) is 2. The SMILES string of the molecule is CCC(CC)CNc1ccc(-c2ccn[nH]2)cc1. The van der Waals surface area contributed by atoms with Gasteiger partial charge >= 0.3 is 0 Å². The van der Waals surface area contributed by atoms with Gasteiger partial charge in [-0.3, -0.25) is 5.10 Å². The van der Waals surface area contributed by atoms with Crippen molar-refractivity contribution in [2.75, 3.05) is 11.9 Å². The van der Waals surface area contributed by atoms with Gasteiger partial charge in [0, 0.05) is 18.4 Å². The Balaban J connectivity index is 1.96. The van der Waals surface area contributed by atoms with E-state index >= 15 is 0 Å². The molecule has 0 bridgehead atoms. The van der Waals surface area contributed by atoms with Crippen molar-refractivity contribution in [3.05, 3.63) is 36.5 Å². The van der Waals surface area contributed by atoms with E-state index in [0.29, 0.717) is 0 Å². The Bertz CT molecular complexity index is 441. The van der Waals surface area contributed by atoms with E-state index in [9.17, 15) is 0 Å². The van der Waals surface area contributed by atoms with Gasteiger partial charge in [-0.25, -0.2) is 0 Å². The Hall–Kier alpha value is -1.77. The summed E-state index contributed by atoms with van der Waals surface area (Å²) in [5, 5.41) is 10.4. The van der Waals surface area contributed by atoms with Gasteiger partial charge < -0.3 is 5.32 Å². The third-order valence-electron chi connectivity index (χ3n) is 3.45. The fourth-order valence-corrected chi connectivity index (χ4v) is 2.02. The smallest absolute Gasteiger partial charge is 0.0650 e. The molecule has 0 atom stereocenters. The first-order valence-corrected chi connectivity index (χ1v) is 6.67. The van der Waals surface area contributed by atoms with Gasteiger partial charge in [0.2, 0.25) is 0 Å². The van der Waals surface area contributed by atoms with Gasteiger partial charge in [0.1, 0.15) is 0 Å². The highest BCUT2D eigenvalue weighted by Crippen LogP contribution is 2.19. The molecule has 0 aliphatic carbocycles. The van der Waals surface area contributed by atoms with Crippen LogP contribution in [0.25, 0.3) is 11.3 Å². The lowest BCUT2D eigenvalue weighted by atomic mass is 10.0. The average Bonchev–Trinajstić information content (AvgIpc) is 2.94. The molecule has 2 rings (SSSR count). The Labute approximate surface area is 109 Å². The first-order valence-electron chi connectivity index (χ1n) is 6.67. The maximum absolute atomic E-state index is 3.96. The first-order chi connectivity index (χ1) is 8.83. The van der Waals surface area contributed by atoms with Crippen molar-refractivity contribution in [1.82, 2.24) is 10.2 Å². The van der Waals surface area contributed by atoms with Gasteiger partial charge in [-0.1, -0.05) is 38.8 Å². The number of hydrogen-bond donors (Lipinski definition) is 2. The summed E-state index contributed by atoms with van der Waals surface area (Å²) in [6.45, 7) is 5.55. The summed E-state index contributed by atoms with van der Waals surface area (Å²) in [5.74, 6) is 0.761. The molecule has 3 heteroatoms. The van der Waals surface area contributed by atoms with Gasteiger partial charge in [0.05, 0.1) is 5.69 Å². The second-order valence-corrected chi connectivity index (χ2v) is 4.61. The predicted molar refractivity (Wildman–Crippen MR) is 76.6 cm³/mol. The predicted octanol–water partition coefficient (Wildman–Crippen LogP) is 3.92. The number of rotatable bonds is 6. The summed E-state index contributed by atoms with van der Waals surface area (Å²) in [4.78, 5) is 0. The number of H-pyrrole nitrogens is 1. The summed E-state index contributed by atoms with van der Waals surface area (Å²) in [6, 6.07) is 10.5. The fourth-order valence-electron chi connectivity index (χ4n) is 2.02. The van der Waals surface area contributed by atoms with Crippen LogP contribution in [0.15, 0.2) is 36.5 Å². The number of nitrogens with zero attached hydrogens (tertiary/aromatic N) is 1. The molecule has 0 fully saturated rings. The van der Waals surface area contributed by atoms with Crippen molar-refractivity contribution in [3.63, 3.8) is 0 Å². The first kappa shape index (κ1) is 12.7. The van der Waals surface area contributed by atoms with Crippen molar-refractivity contribution in [2.24, 2.45) is 5.92 Å². The molecule has 0 aliphatic heterocycles. The Morgan fingerprint density at radius 2 is 1.83 bits per heavy atom. The zero-order chi connectivity index (χ0) is 12.8. The van der Waals surface area contributed by atoms with Crippen molar-refractivity contribution < 1.29 is 0 Å². The van der Waals surface area contributed by atoms with Gasteiger partial charge in [-0.2, -0.15) is 5.10 Å². The van der Waals surface area contributed by atoms with Crippen LogP contribution in [0.1, 0.15) is 26.7 Å². The van der Waals surface area contributed by atoms with Crippen molar-refractivity contribution in [2.45, 2.75) is 26.7 Å². The van der Waals surface area contributed by atoms with Crippen LogP contribution in [0.2, 0.25) is 0 Å². The highest BCUT2D eigenvalue weighted by molar-refractivity contribution is 5.62. The summed E-state index contributed by atoms with van der Waals surface area (Å²) in [6.07, 6.45) is 4.24. The summed E-state index contributed by atoms with van der Waals surface area (Å²) < 4.78 is 0. The van der Waals surface area contributed by atoms with E-state index in [1.165, 1.54) is 24.1 Å². The Kier molecular flexibility index (Phi) is 4.40. The normalized spacial score (nSPS) is 10.8. The molecule has 0 aliphatic rings. The van der Waals surface area contributed by atoms with Gasteiger partial charge in [-0.05, 0) is 29.7 Å². The second kappa shape index (κ2) is 6.24. The van der Waals surface area contributed by atoms with Crippen molar-refractivity contribution in [3.8, 4) is 11.3 Å². The number of benzene rings is 1. The standard InChI is InChI=1S/C15H21N3/c1-3-12(4-2)11-16-14-7-5-13(6-8-14)15-9-10-17-18-15/h5-10,12,16H,3-4,11H2,1-2H3,(H,17,18). The van der Waals surface area contributed by atoms with Crippen LogP contribution in [0.3, 0.4) is 0 Å². The summed E-state index contributed by atoms with van der Waals surface area (Å²) in [5.41, 5.74) is 3.41. The van der Waals surface area contributed by atoms with Crippen LogP contribution in [0, 0.1) is 5.92 Å². The third-order valence-corrected chi connectivity index (χ3v) is 3.45. The molecule has 18 heavy (non-hydrogen) atoms. The molecule has 0 unspecified atom stereocenters. The summed E-state index contributed by atoms with van der Waals surface area (Å²) in [7, 11) is 0. The van der Waals surface area contributed by atoms with Crippen LogP contribution in [-0.2, 0) is 0 Å². The highest BCUT2D eigenvalue weighted by atomic mass is 15.1. The minimum atomic E-state index is 0.761.